The number of hydrogen-bond donors (Lipinski definition) is 3. The van der Waals surface area contributed by atoms with Gasteiger partial charge in [-0.2, -0.15) is 0 Å². The van der Waals surface area contributed by atoms with Crippen molar-refractivity contribution in [3.63, 3.8) is 0 Å². The lowest BCUT2D eigenvalue weighted by molar-refractivity contribution is -0.132. The van der Waals surface area contributed by atoms with Gasteiger partial charge < -0.3 is 21.7 Å². The molecule has 1 fully saturated rings. The molecule has 3 amide bonds. The van der Waals surface area contributed by atoms with Crippen molar-refractivity contribution in [1.82, 2.24) is 10.2 Å². The van der Waals surface area contributed by atoms with E-state index in [0.717, 1.165) is 11.3 Å². The number of urea groups is 1. The second kappa shape index (κ2) is 6.91. The summed E-state index contributed by atoms with van der Waals surface area (Å²) in [5.74, 6) is 0.402. The van der Waals surface area contributed by atoms with Crippen LogP contribution in [0.2, 0.25) is 0 Å². The Bertz CT molecular complexity index is 491. The van der Waals surface area contributed by atoms with E-state index in [0.29, 0.717) is 19.0 Å². The Kier molecular flexibility index (Phi) is 5.19. The van der Waals surface area contributed by atoms with Crippen molar-refractivity contribution in [1.29, 1.82) is 0 Å². The Balaban J connectivity index is 2.03. The van der Waals surface area contributed by atoms with E-state index < -0.39 is 6.03 Å². The number of nitrogens with zero attached hydrogens (tertiary/aromatic N) is 1. The maximum Gasteiger partial charge on any atom is 0.312 e. The molecule has 0 aromatic carbocycles. The Labute approximate surface area is 128 Å². The minimum atomic E-state index is -0.615. The predicted octanol–water partition coefficient (Wildman–Crippen LogP) is 1.04. The summed E-state index contributed by atoms with van der Waals surface area (Å²) in [6.45, 7) is 3.33. The van der Waals surface area contributed by atoms with Crippen molar-refractivity contribution in [3.8, 4) is 0 Å². The summed E-state index contributed by atoms with van der Waals surface area (Å²) in [6, 6.07) is 3.01. The topological polar surface area (TPSA) is 101 Å². The van der Waals surface area contributed by atoms with Crippen molar-refractivity contribution < 1.29 is 9.59 Å². The Hall–Kier alpha value is -1.60. The second-order valence-corrected chi connectivity index (χ2v) is 6.49. The summed E-state index contributed by atoms with van der Waals surface area (Å²) >= 11 is 1.50. The smallest absolute Gasteiger partial charge is 0.312 e. The summed E-state index contributed by atoms with van der Waals surface area (Å²) in [5, 5.41) is 4.57. The molecule has 1 saturated heterocycles. The zero-order chi connectivity index (χ0) is 15.4. The largest absolute Gasteiger partial charge is 0.352 e. The van der Waals surface area contributed by atoms with Gasteiger partial charge in [0.25, 0.3) is 0 Å². The van der Waals surface area contributed by atoms with E-state index >= 15 is 0 Å². The average molecular weight is 310 g/mol. The van der Waals surface area contributed by atoms with E-state index in [4.69, 9.17) is 11.5 Å². The third-order valence-corrected chi connectivity index (χ3v) is 4.88. The standard InChI is InChI=1S/C14H22N4O2S/c1-9-5-10(7-15)8-18(9)13(19)6-11(17-14(16)20)12-3-2-4-21-12/h2-4,9-11H,5-8,15H2,1H3,(H3,16,17,20). The molecule has 0 aliphatic carbocycles. The molecule has 3 unspecified atom stereocenters. The minimum absolute atomic E-state index is 0.0330. The van der Waals surface area contributed by atoms with Crippen LogP contribution in [0.1, 0.15) is 30.7 Å². The predicted molar refractivity (Wildman–Crippen MR) is 82.7 cm³/mol. The van der Waals surface area contributed by atoms with E-state index in [-0.39, 0.29) is 24.4 Å². The van der Waals surface area contributed by atoms with Crippen LogP contribution in [0.15, 0.2) is 17.5 Å². The first-order valence-corrected chi connectivity index (χ1v) is 7.98. The number of carbonyl (C=O) groups excluding carboxylic acids is 2. The molecule has 6 nitrogen and oxygen atoms in total. The number of carbonyl (C=O) groups is 2. The zero-order valence-electron chi connectivity index (χ0n) is 12.1. The van der Waals surface area contributed by atoms with Gasteiger partial charge in [-0.1, -0.05) is 6.07 Å². The normalized spacial score (nSPS) is 23.0. The van der Waals surface area contributed by atoms with E-state index in [1.165, 1.54) is 11.3 Å². The highest BCUT2D eigenvalue weighted by Gasteiger charge is 2.33. The number of likely N-dealkylation sites (tertiary alicyclic amines) is 1. The van der Waals surface area contributed by atoms with Gasteiger partial charge in [-0.05, 0) is 37.3 Å². The highest BCUT2D eigenvalue weighted by molar-refractivity contribution is 7.10. The third-order valence-electron chi connectivity index (χ3n) is 3.90. The quantitative estimate of drug-likeness (QED) is 0.757. The number of rotatable bonds is 5. The summed E-state index contributed by atoms with van der Waals surface area (Å²) < 4.78 is 0. The number of primary amides is 1. The molecule has 3 atom stereocenters. The fraction of sp³-hybridized carbons (Fsp3) is 0.571. The van der Waals surface area contributed by atoms with Gasteiger partial charge in [-0.15, -0.1) is 11.3 Å². The maximum absolute atomic E-state index is 12.5. The van der Waals surface area contributed by atoms with Crippen molar-refractivity contribution in [2.45, 2.75) is 31.8 Å². The van der Waals surface area contributed by atoms with Crippen LogP contribution < -0.4 is 16.8 Å². The average Bonchev–Trinajstić information content (AvgIpc) is 3.06. The summed E-state index contributed by atoms with van der Waals surface area (Å²) in [5.41, 5.74) is 10.9. The van der Waals surface area contributed by atoms with Crippen LogP contribution in [0, 0.1) is 5.92 Å². The first kappa shape index (κ1) is 15.8. The van der Waals surface area contributed by atoms with Crippen LogP contribution >= 0.6 is 11.3 Å². The first-order valence-electron chi connectivity index (χ1n) is 7.10. The first-order chi connectivity index (χ1) is 10.0. The van der Waals surface area contributed by atoms with Crippen LogP contribution in [-0.4, -0.2) is 36.0 Å². The molecule has 1 aliphatic heterocycles. The molecule has 1 aromatic rings. The van der Waals surface area contributed by atoms with E-state index in [9.17, 15) is 9.59 Å². The second-order valence-electron chi connectivity index (χ2n) is 5.51. The fourth-order valence-electron chi connectivity index (χ4n) is 2.84. The van der Waals surface area contributed by atoms with Gasteiger partial charge in [0, 0.05) is 17.5 Å². The molecule has 0 radical (unpaired) electrons. The molecule has 0 bridgehead atoms. The molecule has 5 N–H and O–H groups in total. The molecule has 0 spiro atoms. The van der Waals surface area contributed by atoms with Gasteiger partial charge in [-0.3, -0.25) is 4.79 Å². The highest BCUT2D eigenvalue weighted by atomic mass is 32.1. The molecule has 2 rings (SSSR count). The maximum atomic E-state index is 12.5. The van der Waals surface area contributed by atoms with Gasteiger partial charge in [0.1, 0.15) is 0 Å². The van der Waals surface area contributed by atoms with Gasteiger partial charge >= 0.3 is 6.03 Å². The van der Waals surface area contributed by atoms with Crippen LogP contribution in [-0.2, 0) is 4.79 Å². The Morgan fingerprint density at radius 2 is 2.33 bits per heavy atom. The van der Waals surface area contributed by atoms with Crippen molar-refractivity contribution >= 4 is 23.3 Å². The lowest BCUT2D eigenvalue weighted by Crippen LogP contribution is -2.39. The lowest BCUT2D eigenvalue weighted by Gasteiger charge is -2.24. The summed E-state index contributed by atoms with van der Waals surface area (Å²) in [4.78, 5) is 26.4. The Morgan fingerprint density at radius 1 is 1.57 bits per heavy atom. The molecular weight excluding hydrogens is 288 g/mol. The highest BCUT2D eigenvalue weighted by Crippen LogP contribution is 2.27. The molecule has 0 saturated carbocycles. The van der Waals surface area contributed by atoms with Crippen LogP contribution in [0.25, 0.3) is 0 Å². The van der Waals surface area contributed by atoms with Crippen LogP contribution in [0.3, 0.4) is 0 Å². The van der Waals surface area contributed by atoms with E-state index in [1.807, 2.05) is 29.3 Å². The summed E-state index contributed by atoms with van der Waals surface area (Å²) in [6.07, 6.45) is 1.17. The van der Waals surface area contributed by atoms with Gasteiger partial charge in [0.15, 0.2) is 0 Å². The van der Waals surface area contributed by atoms with E-state index in [2.05, 4.69) is 5.32 Å². The van der Waals surface area contributed by atoms with Crippen molar-refractivity contribution in [2.24, 2.45) is 17.4 Å². The molecule has 21 heavy (non-hydrogen) atoms. The SMILES string of the molecule is CC1CC(CN)CN1C(=O)CC(NC(N)=O)c1cccs1. The van der Waals surface area contributed by atoms with Crippen molar-refractivity contribution in [2.75, 3.05) is 13.1 Å². The number of thiophene rings is 1. The van der Waals surface area contributed by atoms with Gasteiger partial charge in [0.2, 0.25) is 5.91 Å². The fourth-order valence-corrected chi connectivity index (χ4v) is 3.61. The number of nitrogens with one attached hydrogen (secondary N) is 1. The zero-order valence-corrected chi connectivity index (χ0v) is 12.9. The van der Waals surface area contributed by atoms with Crippen LogP contribution in [0.5, 0.6) is 0 Å². The number of nitrogens with two attached hydrogens (primary N) is 2. The van der Waals surface area contributed by atoms with E-state index in [1.54, 1.807) is 0 Å². The molecule has 7 heteroatoms. The third kappa shape index (κ3) is 3.95. The van der Waals surface area contributed by atoms with Crippen molar-refractivity contribution in [3.05, 3.63) is 22.4 Å². The minimum Gasteiger partial charge on any atom is -0.352 e. The van der Waals surface area contributed by atoms with Gasteiger partial charge in [-0.25, -0.2) is 4.79 Å². The molecule has 1 aromatic heterocycles. The monoisotopic (exact) mass is 310 g/mol. The summed E-state index contributed by atoms with van der Waals surface area (Å²) in [7, 11) is 0. The van der Waals surface area contributed by atoms with Crippen LogP contribution in [0.4, 0.5) is 4.79 Å². The van der Waals surface area contributed by atoms with Gasteiger partial charge in [0.05, 0.1) is 12.5 Å². The number of amides is 3. The number of hydrogen-bond acceptors (Lipinski definition) is 4. The molecule has 2 heterocycles. The molecule has 1 aliphatic rings. The Morgan fingerprint density at radius 3 is 2.86 bits per heavy atom. The lowest BCUT2D eigenvalue weighted by atomic mass is 10.1. The molecular formula is C14H22N4O2S. The molecule has 116 valence electrons.